The highest BCUT2D eigenvalue weighted by Gasteiger charge is 2.64. The largest absolute Gasteiger partial charge is 0.466 e. The summed E-state index contributed by atoms with van der Waals surface area (Å²) in [5.74, 6) is 0.728. The Kier molecular flexibility index (Phi) is 2.94. The Morgan fingerprint density at radius 1 is 1.38 bits per heavy atom. The van der Waals surface area contributed by atoms with E-state index >= 15 is 0 Å². The lowest BCUT2D eigenvalue weighted by atomic mass is 9.57. The number of nitrogens with one attached hydrogen (secondary N) is 1. The summed E-state index contributed by atoms with van der Waals surface area (Å²) in [4.78, 5) is 15.4. The van der Waals surface area contributed by atoms with Crippen LogP contribution in [-0.4, -0.2) is 37.1 Å². The van der Waals surface area contributed by atoms with Gasteiger partial charge in [0.1, 0.15) is 0 Å². The molecule has 0 aromatic heterocycles. The first-order valence-corrected chi connectivity index (χ1v) is 9.16. The van der Waals surface area contributed by atoms with Gasteiger partial charge in [-0.2, -0.15) is 0 Å². The average molecular weight is 324 g/mol. The van der Waals surface area contributed by atoms with Crippen molar-refractivity contribution in [1.82, 2.24) is 4.90 Å². The number of piperidine rings is 1. The van der Waals surface area contributed by atoms with Crippen molar-refractivity contribution in [2.45, 2.75) is 37.6 Å². The zero-order valence-corrected chi connectivity index (χ0v) is 14.3. The molecule has 1 aromatic carbocycles. The molecule has 2 bridgehead atoms. The van der Waals surface area contributed by atoms with E-state index in [1.807, 2.05) is 0 Å². The molecule has 126 valence electrons. The van der Waals surface area contributed by atoms with Crippen molar-refractivity contribution in [3.63, 3.8) is 0 Å². The van der Waals surface area contributed by atoms with E-state index in [1.54, 1.807) is 0 Å². The molecule has 1 unspecified atom stereocenters. The molecule has 0 radical (unpaired) electrons. The lowest BCUT2D eigenvalue weighted by molar-refractivity contribution is -0.138. The minimum absolute atomic E-state index is 0.0439. The smallest absolute Gasteiger partial charge is 0.335 e. The molecule has 2 fully saturated rings. The molecule has 24 heavy (non-hydrogen) atoms. The maximum atomic E-state index is 12.8. The number of hydrogen-bond donors (Lipinski definition) is 1. The second-order valence-corrected chi connectivity index (χ2v) is 7.62. The molecule has 4 atom stereocenters. The number of carbonyl (C=O) groups is 1. The maximum Gasteiger partial charge on any atom is 0.335 e. The summed E-state index contributed by atoms with van der Waals surface area (Å²) in [6, 6.07) is 9.14. The van der Waals surface area contributed by atoms with Crippen molar-refractivity contribution >= 4 is 11.7 Å². The minimum Gasteiger partial charge on any atom is -0.466 e. The van der Waals surface area contributed by atoms with Gasteiger partial charge in [-0.25, -0.2) is 4.79 Å². The summed E-state index contributed by atoms with van der Waals surface area (Å²) in [7, 11) is 1.52. The number of methoxy groups -OCH3 is 1. The number of para-hydroxylation sites is 1. The Labute approximate surface area is 142 Å². The summed E-state index contributed by atoms with van der Waals surface area (Å²) in [5.41, 5.74) is 4.60. The van der Waals surface area contributed by atoms with Crippen LogP contribution >= 0.6 is 0 Å². The Morgan fingerprint density at radius 2 is 2.21 bits per heavy atom. The highest BCUT2D eigenvalue weighted by atomic mass is 16.5. The van der Waals surface area contributed by atoms with Gasteiger partial charge in [0.2, 0.25) is 0 Å². The molecule has 4 aliphatic rings. The van der Waals surface area contributed by atoms with Gasteiger partial charge in [-0.1, -0.05) is 31.5 Å². The Bertz CT molecular complexity index is 756. The molecular formula is C20H24N2O2. The van der Waals surface area contributed by atoms with E-state index in [2.05, 4.69) is 41.4 Å². The second-order valence-electron chi connectivity index (χ2n) is 7.62. The van der Waals surface area contributed by atoms with Crippen LogP contribution in [0.1, 0.15) is 31.7 Å². The summed E-state index contributed by atoms with van der Waals surface area (Å²) in [5, 5.41) is 3.65. The maximum absolute atomic E-state index is 12.8. The van der Waals surface area contributed by atoms with E-state index in [9.17, 15) is 4.79 Å². The predicted octanol–water partition coefficient (Wildman–Crippen LogP) is 2.91. The highest BCUT2D eigenvalue weighted by molar-refractivity contribution is 5.93. The van der Waals surface area contributed by atoms with Crippen molar-refractivity contribution in [3.05, 3.63) is 41.1 Å². The quantitative estimate of drug-likeness (QED) is 0.850. The van der Waals surface area contributed by atoms with E-state index in [1.165, 1.54) is 18.4 Å². The van der Waals surface area contributed by atoms with Crippen LogP contribution in [0.25, 0.3) is 0 Å². The SMILES string of the molecule is CC[C@H]1C2CCN3CC[C@@]4(C(=C2C(=O)OC)Nc2ccccc24)[C@@H]13. The number of carbonyl (C=O) groups excluding carboxylic acids is 1. The van der Waals surface area contributed by atoms with Gasteiger partial charge in [-0.15, -0.1) is 0 Å². The van der Waals surface area contributed by atoms with Gasteiger partial charge >= 0.3 is 5.97 Å². The molecule has 4 nitrogen and oxygen atoms in total. The number of benzene rings is 1. The van der Waals surface area contributed by atoms with Gasteiger partial charge in [-0.3, -0.25) is 4.90 Å². The Balaban J connectivity index is 1.83. The molecule has 1 aromatic rings. The third kappa shape index (κ3) is 1.51. The van der Waals surface area contributed by atoms with E-state index in [4.69, 9.17) is 4.74 Å². The first kappa shape index (κ1) is 14.5. The minimum atomic E-state index is -0.132. The standard InChI is InChI=1S/C20H24N2O2/c1-3-12-13-8-10-22-11-9-20(18(12)22)14-6-4-5-7-15(14)21-17(20)16(13)19(23)24-2/h4-7,12-13,18,21H,3,8-11H2,1-2H3/t12-,13?,18+,20+/m0/s1. The number of anilines is 1. The van der Waals surface area contributed by atoms with Crippen LogP contribution in [0.3, 0.4) is 0 Å². The van der Waals surface area contributed by atoms with E-state index in [-0.39, 0.29) is 11.4 Å². The van der Waals surface area contributed by atoms with Crippen molar-refractivity contribution in [3.8, 4) is 0 Å². The fraction of sp³-hybridized carbons (Fsp3) is 0.550. The van der Waals surface area contributed by atoms with Crippen LogP contribution in [0, 0.1) is 11.8 Å². The number of fused-ring (bicyclic) bond motifs is 2. The third-order valence-electron chi connectivity index (χ3n) is 6.97. The van der Waals surface area contributed by atoms with E-state index < -0.39 is 0 Å². The summed E-state index contributed by atoms with van der Waals surface area (Å²) < 4.78 is 5.23. The van der Waals surface area contributed by atoms with Gasteiger partial charge in [0.05, 0.1) is 18.1 Å². The molecule has 3 aliphatic heterocycles. The normalized spacial score (nSPS) is 36.2. The molecule has 3 heterocycles. The van der Waals surface area contributed by atoms with Crippen molar-refractivity contribution in [2.75, 3.05) is 25.5 Å². The lowest BCUT2D eigenvalue weighted by Gasteiger charge is -2.52. The first-order valence-electron chi connectivity index (χ1n) is 9.16. The van der Waals surface area contributed by atoms with Gasteiger partial charge in [0, 0.05) is 17.4 Å². The molecule has 5 rings (SSSR count). The van der Waals surface area contributed by atoms with Crippen molar-refractivity contribution < 1.29 is 9.53 Å². The zero-order valence-electron chi connectivity index (χ0n) is 14.3. The van der Waals surface area contributed by atoms with Crippen LogP contribution in [-0.2, 0) is 14.9 Å². The Hall–Kier alpha value is -1.81. The molecule has 1 spiro atoms. The predicted molar refractivity (Wildman–Crippen MR) is 92.7 cm³/mol. The number of rotatable bonds is 2. The molecule has 2 saturated heterocycles. The second kappa shape index (κ2) is 4.85. The molecule has 4 heteroatoms. The molecule has 1 N–H and O–H groups in total. The van der Waals surface area contributed by atoms with Gasteiger partial charge < -0.3 is 10.1 Å². The highest BCUT2D eigenvalue weighted by Crippen LogP contribution is 2.62. The molecule has 1 aliphatic carbocycles. The number of ether oxygens (including phenoxy) is 1. The Morgan fingerprint density at radius 3 is 3.00 bits per heavy atom. The van der Waals surface area contributed by atoms with Gasteiger partial charge in [0.25, 0.3) is 0 Å². The van der Waals surface area contributed by atoms with Gasteiger partial charge in [0.15, 0.2) is 0 Å². The van der Waals surface area contributed by atoms with Crippen molar-refractivity contribution in [1.29, 1.82) is 0 Å². The monoisotopic (exact) mass is 324 g/mol. The first-order chi connectivity index (χ1) is 11.7. The van der Waals surface area contributed by atoms with Crippen LogP contribution in [0.4, 0.5) is 5.69 Å². The topological polar surface area (TPSA) is 41.6 Å². The fourth-order valence-corrected chi connectivity index (χ4v) is 6.20. The summed E-state index contributed by atoms with van der Waals surface area (Å²) >= 11 is 0. The average Bonchev–Trinajstić information content (AvgIpc) is 3.17. The lowest BCUT2D eigenvalue weighted by Crippen LogP contribution is -2.58. The van der Waals surface area contributed by atoms with Crippen LogP contribution in [0.15, 0.2) is 35.5 Å². The zero-order chi connectivity index (χ0) is 16.5. The van der Waals surface area contributed by atoms with Crippen LogP contribution < -0.4 is 5.32 Å². The number of hydrogen-bond acceptors (Lipinski definition) is 4. The molecule has 0 amide bonds. The van der Waals surface area contributed by atoms with E-state index in [0.717, 1.165) is 43.6 Å². The third-order valence-corrected chi connectivity index (χ3v) is 6.97. The van der Waals surface area contributed by atoms with Crippen molar-refractivity contribution in [2.24, 2.45) is 11.8 Å². The fourth-order valence-electron chi connectivity index (χ4n) is 6.20. The van der Waals surface area contributed by atoms with Gasteiger partial charge in [-0.05, 0) is 49.4 Å². The molecular weight excluding hydrogens is 300 g/mol. The number of esters is 1. The van der Waals surface area contributed by atoms with Crippen LogP contribution in [0.2, 0.25) is 0 Å². The molecule has 0 saturated carbocycles. The number of nitrogens with zero attached hydrogens (tertiary/aromatic N) is 1. The summed E-state index contributed by atoms with van der Waals surface area (Å²) in [6.07, 6.45) is 3.28. The summed E-state index contributed by atoms with van der Waals surface area (Å²) in [6.45, 7) is 4.51. The van der Waals surface area contributed by atoms with Crippen LogP contribution in [0.5, 0.6) is 0 Å². The van der Waals surface area contributed by atoms with E-state index in [0.29, 0.717) is 17.9 Å².